The number of aromatic nitrogens is 1. The Bertz CT molecular complexity index is 859. The zero-order chi connectivity index (χ0) is 17.6. The maximum absolute atomic E-state index is 11.0. The van der Waals surface area contributed by atoms with E-state index in [1.54, 1.807) is 11.3 Å². The molecular formula is C20H23N3OS. The van der Waals surface area contributed by atoms with Crippen LogP contribution in [0.2, 0.25) is 0 Å². The van der Waals surface area contributed by atoms with Gasteiger partial charge >= 0.3 is 0 Å². The molecule has 0 saturated carbocycles. The summed E-state index contributed by atoms with van der Waals surface area (Å²) in [6, 6.07) is 14.8. The van der Waals surface area contributed by atoms with Gasteiger partial charge in [0.2, 0.25) is 5.91 Å². The largest absolute Gasteiger partial charge is 0.369 e. The number of benzene rings is 2. The van der Waals surface area contributed by atoms with Crippen molar-refractivity contribution in [2.24, 2.45) is 11.7 Å². The van der Waals surface area contributed by atoms with Crippen LogP contribution in [-0.4, -0.2) is 17.4 Å². The highest BCUT2D eigenvalue weighted by Crippen LogP contribution is 2.27. The highest BCUT2D eigenvalue weighted by Gasteiger charge is 2.08. The fourth-order valence-electron chi connectivity index (χ4n) is 2.75. The van der Waals surface area contributed by atoms with Gasteiger partial charge in [-0.25, -0.2) is 4.98 Å². The van der Waals surface area contributed by atoms with Gasteiger partial charge in [-0.05, 0) is 29.7 Å². The molecule has 0 aliphatic carbocycles. The number of anilines is 1. The zero-order valence-corrected chi connectivity index (χ0v) is 15.2. The molecule has 0 aliphatic rings. The van der Waals surface area contributed by atoms with E-state index < -0.39 is 0 Å². The average molecular weight is 353 g/mol. The predicted octanol–water partition coefficient (Wildman–Crippen LogP) is 4.67. The summed E-state index contributed by atoms with van der Waals surface area (Å²) in [6.45, 7) is 2.74. The third kappa shape index (κ3) is 4.57. The van der Waals surface area contributed by atoms with Crippen LogP contribution in [0, 0.1) is 5.92 Å². The topological polar surface area (TPSA) is 68.0 Å². The van der Waals surface area contributed by atoms with E-state index in [-0.39, 0.29) is 11.8 Å². The predicted molar refractivity (Wildman–Crippen MR) is 106 cm³/mol. The van der Waals surface area contributed by atoms with Gasteiger partial charge in [-0.1, -0.05) is 49.7 Å². The molecule has 130 valence electrons. The molecule has 4 nitrogen and oxygen atoms in total. The molecule has 3 N–H and O–H groups in total. The Morgan fingerprint density at radius 3 is 2.80 bits per heavy atom. The minimum Gasteiger partial charge on any atom is -0.369 e. The number of unbranched alkanes of at least 4 members (excludes halogenated alkanes) is 1. The van der Waals surface area contributed by atoms with E-state index in [0.717, 1.165) is 42.2 Å². The van der Waals surface area contributed by atoms with Gasteiger partial charge in [0, 0.05) is 23.4 Å². The lowest BCUT2D eigenvalue weighted by molar-refractivity contribution is -0.121. The fraction of sp³-hybridized carbons (Fsp3) is 0.300. The molecule has 0 aliphatic heterocycles. The van der Waals surface area contributed by atoms with Gasteiger partial charge in [0.1, 0.15) is 0 Å². The Morgan fingerprint density at radius 1 is 1.20 bits per heavy atom. The van der Waals surface area contributed by atoms with Crippen LogP contribution in [0.15, 0.2) is 47.8 Å². The van der Waals surface area contributed by atoms with Crippen molar-refractivity contribution >= 4 is 33.1 Å². The molecule has 1 unspecified atom stereocenters. The summed E-state index contributed by atoms with van der Waals surface area (Å²) in [6.07, 6.45) is 2.83. The van der Waals surface area contributed by atoms with E-state index in [1.807, 2.05) is 6.92 Å². The fourth-order valence-corrected chi connectivity index (χ4v) is 3.50. The summed E-state index contributed by atoms with van der Waals surface area (Å²) in [4.78, 5) is 15.7. The monoisotopic (exact) mass is 353 g/mol. The van der Waals surface area contributed by atoms with Crippen LogP contribution in [0.4, 0.5) is 5.13 Å². The number of fused-ring (bicyclic) bond motifs is 1. The maximum Gasteiger partial charge on any atom is 0.220 e. The molecule has 0 radical (unpaired) electrons. The quantitative estimate of drug-likeness (QED) is 0.578. The van der Waals surface area contributed by atoms with E-state index in [1.165, 1.54) is 10.8 Å². The van der Waals surface area contributed by atoms with Crippen LogP contribution < -0.4 is 11.1 Å². The Morgan fingerprint density at radius 2 is 2.00 bits per heavy atom. The number of carbonyl (C=O) groups is 1. The second-order valence-electron chi connectivity index (χ2n) is 6.33. The van der Waals surface area contributed by atoms with Crippen molar-refractivity contribution in [3.63, 3.8) is 0 Å². The molecule has 1 aromatic heterocycles. The van der Waals surface area contributed by atoms with Gasteiger partial charge in [0.05, 0.1) is 5.69 Å². The van der Waals surface area contributed by atoms with Gasteiger partial charge in [0.15, 0.2) is 5.13 Å². The molecule has 1 heterocycles. The van der Waals surface area contributed by atoms with Crippen LogP contribution in [0.25, 0.3) is 22.0 Å². The molecule has 3 rings (SSSR count). The first-order chi connectivity index (χ1) is 12.1. The van der Waals surface area contributed by atoms with Gasteiger partial charge in [-0.15, -0.1) is 11.3 Å². The number of rotatable bonds is 8. The van der Waals surface area contributed by atoms with Crippen molar-refractivity contribution in [2.45, 2.75) is 26.2 Å². The normalized spacial score (nSPS) is 12.2. The Balaban J connectivity index is 1.54. The van der Waals surface area contributed by atoms with Gasteiger partial charge < -0.3 is 11.1 Å². The number of thiazole rings is 1. The summed E-state index contributed by atoms with van der Waals surface area (Å²) in [7, 11) is 0. The molecule has 2 aromatic carbocycles. The third-order valence-corrected chi connectivity index (χ3v) is 5.18. The number of hydrogen-bond acceptors (Lipinski definition) is 4. The van der Waals surface area contributed by atoms with E-state index >= 15 is 0 Å². The second kappa shape index (κ2) is 8.12. The van der Waals surface area contributed by atoms with E-state index in [2.05, 4.69) is 58.1 Å². The first kappa shape index (κ1) is 17.4. The minimum atomic E-state index is -0.215. The maximum atomic E-state index is 11.0. The Hall–Kier alpha value is -2.40. The third-order valence-electron chi connectivity index (χ3n) is 4.38. The van der Waals surface area contributed by atoms with E-state index in [9.17, 15) is 4.79 Å². The molecule has 1 atom stereocenters. The lowest BCUT2D eigenvalue weighted by atomic mass is 10.0. The van der Waals surface area contributed by atoms with Gasteiger partial charge in [-0.3, -0.25) is 4.79 Å². The number of amides is 1. The number of nitrogens with one attached hydrogen (secondary N) is 1. The minimum absolute atomic E-state index is 0.0423. The average Bonchev–Trinajstić information content (AvgIpc) is 3.09. The number of hydrogen-bond donors (Lipinski definition) is 2. The molecule has 0 spiro atoms. The highest BCUT2D eigenvalue weighted by atomic mass is 32.1. The van der Waals surface area contributed by atoms with E-state index in [0.29, 0.717) is 0 Å². The standard InChI is InChI=1S/C20H23N3OS/c1-14(19(21)24)6-4-5-11-22-20-23-18(13-25-20)17-10-9-15-7-2-3-8-16(15)12-17/h2-3,7-10,12-14H,4-6,11H2,1H3,(H2,21,24)(H,22,23). The lowest BCUT2D eigenvalue weighted by Gasteiger charge is -2.06. The van der Waals surface area contributed by atoms with Crippen LogP contribution in [0.1, 0.15) is 26.2 Å². The van der Waals surface area contributed by atoms with E-state index in [4.69, 9.17) is 5.73 Å². The van der Waals surface area contributed by atoms with Crippen molar-refractivity contribution in [3.8, 4) is 11.3 Å². The Kier molecular flexibility index (Phi) is 5.66. The molecule has 1 amide bonds. The summed E-state index contributed by atoms with van der Waals surface area (Å²) in [5, 5.41) is 8.86. The van der Waals surface area contributed by atoms with Crippen molar-refractivity contribution in [2.75, 3.05) is 11.9 Å². The van der Waals surface area contributed by atoms with Gasteiger partial charge in [0.25, 0.3) is 0 Å². The van der Waals surface area contributed by atoms with Crippen LogP contribution >= 0.6 is 11.3 Å². The smallest absolute Gasteiger partial charge is 0.220 e. The van der Waals surface area contributed by atoms with Gasteiger partial charge in [-0.2, -0.15) is 0 Å². The molecule has 0 bridgehead atoms. The number of nitrogens with two attached hydrogens (primary N) is 1. The number of nitrogens with zero attached hydrogens (tertiary/aromatic N) is 1. The zero-order valence-electron chi connectivity index (χ0n) is 14.4. The van der Waals surface area contributed by atoms with Crippen LogP contribution in [0.5, 0.6) is 0 Å². The first-order valence-electron chi connectivity index (χ1n) is 8.61. The number of carbonyl (C=O) groups excluding carboxylic acids is 1. The molecule has 0 fully saturated rings. The van der Waals surface area contributed by atoms with Crippen molar-refractivity contribution < 1.29 is 4.79 Å². The molecule has 0 saturated heterocycles. The summed E-state index contributed by atoms with van der Waals surface area (Å²) >= 11 is 1.62. The summed E-state index contributed by atoms with van der Waals surface area (Å²) in [5.41, 5.74) is 7.41. The molecule has 3 aromatic rings. The second-order valence-corrected chi connectivity index (χ2v) is 7.18. The molecule has 25 heavy (non-hydrogen) atoms. The van der Waals surface area contributed by atoms with Crippen LogP contribution in [0.3, 0.4) is 0 Å². The molecule has 5 heteroatoms. The van der Waals surface area contributed by atoms with Crippen molar-refractivity contribution in [3.05, 3.63) is 47.8 Å². The summed E-state index contributed by atoms with van der Waals surface area (Å²) in [5.74, 6) is -0.257. The van der Waals surface area contributed by atoms with Crippen molar-refractivity contribution in [1.29, 1.82) is 0 Å². The number of primary amides is 1. The first-order valence-corrected chi connectivity index (χ1v) is 9.49. The lowest BCUT2D eigenvalue weighted by Crippen LogP contribution is -2.20. The Labute approximate surface area is 152 Å². The van der Waals surface area contributed by atoms with Crippen molar-refractivity contribution in [1.82, 2.24) is 4.98 Å². The highest BCUT2D eigenvalue weighted by molar-refractivity contribution is 7.14. The summed E-state index contributed by atoms with van der Waals surface area (Å²) < 4.78 is 0. The SMILES string of the molecule is CC(CCCCNc1nc(-c2ccc3ccccc3c2)cs1)C(N)=O. The molecular weight excluding hydrogens is 330 g/mol. The van der Waals surface area contributed by atoms with Crippen LogP contribution in [-0.2, 0) is 4.79 Å².